The Hall–Kier alpha value is -1.15. The van der Waals surface area contributed by atoms with Gasteiger partial charge in [-0.05, 0) is 25.1 Å². The molecule has 0 atom stereocenters. The summed E-state index contributed by atoms with van der Waals surface area (Å²) >= 11 is 5.90. The molecule has 0 fully saturated rings. The summed E-state index contributed by atoms with van der Waals surface area (Å²) in [5.74, 6) is 1.48. The molecule has 3 heteroatoms. The van der Waals surface area contributed by atoms with Gasteiger partial charge in [0, 0.05) is 16.5 Å². The molecule has 0 aliphatic heterocycles. The van der Waals surface area contributed by atoms with Crippen LogP contribution in [-0.2, 0) is 0 Å². The van der Waals surface area contributed by atoms with Gasteiger partial charge in [0.05, 0.1) is 5.69 Å². The second-order valence-electron chi connectivity index (χ2n) is 4.69. The maximum atomic E-state index is 5.90. The first kappa shape index (κ1) is 12.9. The standard InChI is InChI=1S/C13H18ClNO/c1-5-12(13(2,3)4)16-11-8-9(14)6-7-10(11)15/h5-8H,15H2,1-4H3/b12-5-. The molecule has 2 N–H and O–H groups in total. The zero-order valence-corrected chi connectivity index (χ0v) is 10.9. The van der Waals surface area contributed by atoms with Crippen LogP contribution in [0, 0.1) is 5.41 Å². The molecule has 0 aliphatic carbocycles. The zero-order valence-electron chi connectivity index (χ0n) is 10.2. The number of nitrogen functional groups attached to an aromatic ring is 1. The summed E-state index contributed by atoms with van der Waals surface area (Å²) in [5.41, 5.74) is 6.36. The molecular weight excluding hydrogens is 222 g/mol. The minimum Gasteiger partial charge on any atom is -0.459 e. The summed E-state index contributed by atoms with van der Waals surface area (Å²) < 4.78 is 5.79. The van der Waals surface area contributed by atoms with Gasteiger partial charge in [0.2, 0.25) is 0 Å². The molecule has 88 valence electrons. The van der Waals surface area contributed by atoms with Crippen molar-refractivity contribution < 1.29 is 4.74 Å². The monoisotopic (exact) mass is 239 g/mol. The number of benzene rings is 1. The van der Waals surface area contributed by atoms with Gasteiger partial charge in [-0.15, -0.1) is 0 Å². The molecule has 1 aromatic rings. The van der Waals surface area contributed by atoms with Crippen LogP contribution in [0.4, 0.5) is 5.69 Å². The third-order valence-corrected chi connectivity index (χ3v) is 2.43. The van der Waals surface area contributed by atoms with E-state index in [9.17, 15) is 0 Å². The molecule has 0 spiro atoms. The number of nitrogens with two attached hydrogens (primary N) is 1. The molecule has 2 nitrogen and oxygen atoms in total. The van der Waals surface area contributed by atoms with Gasteiger partial charge in [0.15, 0.2) is 5.75 Å². The van der Waals surface area contributed by atoms with Crippen molar-refractivity contribution in [3.63, 3.8) is 0 Å². The third kappa shape index (κ3) is 3.17. The van der Waals surface area contributed by atoms with Crippen LogP contribution in [0.5, 0.6) is 5.75 Å². The van der Waals surface area contributed by atoms with Crippen LogP contribution in [0.15, 0.2) is 30.0 Å². The van der Waals surface area contributed by atoms with E-state index in [1.165, 1.54) is 0 Å². The Kier molecular flexibility index (Phi) is 3.87. The first-order valence-corrected chi connectivity index (χ1v) is 5.62. The summed E-state index contributed by atoms with van der Waals surface area (Å²) in [6, 6.07) is 5.22. The van der Waals surface area contributed by atoms with Crippen molar-refractivity contribution in [2.24, 2.45) is 5.41 Å². The summed E-state index contributed by atoms with van der Waals surface area (Å²) in [7, 11) is 0. The van der Waals surface area contributed by atoms with Gasteiger partial charge in [0.1, 0.15) is 5.76 Å². The number of halogens is 1. The van der Waals surface area contributed by atoms with E-state index >= 15 is 0 Å². The summed E-state index contributed by atoms with van der Waals surface area (Å²) in [4.78, 5) is 0. The van der Waals surface area contributed by atoms with Crippen molar-refractivity contribution in [3.05, 3.63) is 35.1 Å². The number of hydrogen-bond donors (Lipinski definition) is 1. The molecule has 0 aliphatic rings. The lowest BCUT2D eigenvalue weighted by atomic mass is 9.93. The van der Waals surface area contributed by atoms with Crippen LogP contribution in [0.25, 0.3) is 0 Å². The third-order valence-electron chi connectivity index (χ3n) is 2.20. The molecule has 0 amide bonds. The van der Waals surface area contributed by atoms with Gasteiger partial charge in [-0.3, -0.25) is 0 Å². The number of rotatable bonds is 2. The van der Waals surface area contributed by atoms with E-state index < -0.39 is 0 Å². The summed E-state index contributed by atoms with van der Waals surface area (Å²) in [6.07, 6.45) is 1.94. The highest BCUT2D eigenvalue weighted by atomic mass is 35.5. The van der Waals surface area contributed by atoms with Gasteiger partial charge in [-0.1, -0.05) is 32.4 Å². The Morgan fingerprint density at radius 2 is 2.00 bits per heavy atom. The van der Waals surface area contributed by atoms with Crippen LogP contribution in [0.2, 0.25) is 5.02 Å². The van der Waals surface area contributed by atoms with Crippen LogP contribution in [0.1, 0.15) is 27.7 Å². The summed E-state index contributed by atoms with van der Waals surface area (Å²) in [5, 5.41) is 0.619. The Balaban J connectivity index is 3.00. The molecule has 0 heterocycles. The molecule has 0 saturated heterocycles. The number of anilines is 1. The van der Waals surface area contributed by atoms with Crippen molar-refractivity contribution in [1.29, 1.82) is 0 Å². The van der Waals surface area contributed by atoms with E-state index in [0.717, 1.165) is 5.76 Å². The lowest BCUT2D eigenvalue weighted by Gasteiger charge is -2.23. The molecule has 0 bridgehead atoms. The molecule has 0 unspecified atom stereocenters. The van der Waals surface area contributed by atoms with Gasteiger partial charge < -0.3 is 10.5 Å². The fourth-order valence-corrected chi connectivity index (χ4v) is 1.52. The van der Waals surface area contributed by atoms with E-state index in [2.05, 4.69) is 20.8 Å². The van der Waals surface area contributed by atoms with Crippen molar-refractivity contribution in [2.45, 2.75) is 27.7 Å². The lowest BCUT2D eigenvalue weighted by molar-refractivity contribution is 0.294. The molecule has 0 radical (unpaired) electrons. The van der Waals surface area contributed by atoms with Gasteiger partial charge in [-0.2, -0.15) is 0 Å². The Morgan fingerprint density at radius 1 is 1.38 bits per heavy atom. The predicted molar refractivity (Wildman–Crippen MR) is 69.7 cm³/mol. The van der Waals surface area contributed by atoms with E-state index in [1.54, 1.807) is 18.2 Å². The normalized spacial score (nSPS) is 12.7. The van der Waals surface area contributed by atoms with Gasteiger partial charge in [-0.25, -0.2) is 0 Å². The van der Waals surface area contributed by atoms with Crippen LogP contribution in [0.3, 0.4) is 0 Å². The first-order valence-electron chi connectivity index (χ1n) is 5.24. The fourth-order valence-electron chi connectivity index (χ4n) is 1.36. The number of hydrogen-bond acceptors (Lipinski definition) is 2. The Morgan fingerprint density at radius 3 is 2.50 bits per heavy atom. The van der Waals surface area contributed by atoms with E-state index in [0.29, 0.717) is 16.5 Å². The van der Waals surface area contributed by atoms with Crippen LogP contribution >= 0.6 is 11.6 Å². The van der Waals surface area contributed by atoms with Gasteiger partial charge >= 0.3 is 0 Å². The maximum Gasteiger partial charge on any atom is 0.151 e. The zero-order chi connectivity index (χ0) is 12.3. The van der Waals surface area contributed by atoms with Crippen LogP contribution < -0.4 is 10.5 Å². The quantitative estimate of drug-likeness (QED) is 0.619. The highest BCUT2D eigenvalue weighted by Crippen LogP contribution is 2.32. The van der Waals surface area contributed by atoms with E-state index in [-0.39, 0.29) is 5.41 Å². The minimum absolute atomic E-state index is 0.0521. The predicted octanol–water partition coefficient (Wildman–Crippen LogP) is 4.25. The van der Waals surface area contributed by atoms with Crippen molar-refractivity contribution in [2.75, 3.05) is 5.73 Å². The van der Waals surface area contributed by atoms with Crippen molar-refractivity contribution in [3.8, 4) is 5.75 Å². The Labute approximate surface area is 102 Å². The highest BCUT2D eigenvalue weighted by molar-refractivity contribution is 6.30. The van der Waals surface area contributed by atoms with E-state index in [4.69, 9.17) is 22.1 Å². The van der Waals surface area contributed by atoms with Crippen molar-refractivity contribution in [1.82, 2.24) is 0 Å². The summed E-state index contributed by atoms with van der Waals surface area (Å²) in [6.45, 7) is 8.20. The smallest absolute Gasteiger partial charge is 0.151 e. The largest absolute Gasteiger partial charge is 0.459 e. The molecule has 1 aromatic carbocycles. The second-order valence-corrected chi connectivity index (χ2v) is 5.12. The first-order chi connectivity index (χ1) is 7.34. The lowest BCUT2D eigenvalue weighted by Crippen LogP contribution is -2.15. The van der Waals surface area contributed by atoms with Crippen LogP contribution in [-0.4, -0.2) is 0 Å². The number of allylic oxidation sites excluding steroid dienone is 2. The highest BCUT2D eigenvalue weighted by Gasteiger charge is 2.19. The molecular formula is C13H18ClNO. The maximum absolute atomic E-state index is 5.90. The topological polar surface area (TPSA) is 35.2 Å². The average molecular weight is 240 g/mol. The average Bonchev–Trinajstić information content (AvgIpc) is 2.17. The van der Waals surface area contributed by atoms with Gasteiger partial charge in [0.25, 0.3) is 0 Å². The number of ether oxygens (including phenoxy) is 1. The molecule has 0 saturated carbocycles. The molecule has 16 heavy (non-hydrogen) atoms. The molecule has 0 aromatic heterocycles. The van der Waals surface area contributed by atoms with Crippen molar-refractivity contribution >= 4 is 17.3 Å². The molecule has 1 rings (SSSR count). The fraction of sp³-hybridized carbons (Fsp3) is 0.385. The van der Waals surface area contributed by atoms with E-state index in [1.807, 2.05) is 13.0 Å². The SMILES string of the molecule is C/C=C(\Oc1cc(Cl)ccc1N)C(C)(C)C. The minimum atomic E-state index is -0.0521. The Bertz CT molecular complexity index is 405. The second kappa shape index (κ2) is 4.79.